The van der Waals surface area contributed by atoms with Crippen molar-refractivity contribution in [2.45, 2.75) is 19.9 Å². The van der Waals surface area contributed by atoms with Gasteiger partial charge in [0.05, 0.1) is 5.70 Å². The van der Waals surface area contributed by atoms with Gasteiger partial charge < -0.3 is 11.1 Å². The van der Waals surface area contributed by atoms with Crippen molar-refractivity contribution in [3.8, 4) is 0 Å². The summed E-state index contributed by atoms with van der Waals surface area (Å²) in [7, 11) is 0. The van der Waals surface area contributed by atoms with Crippen molar-refractivity contribution in [1.82, 2.24) is 5.32 Å². The van der Waals surface area contributed by atoms with E-state index in [-0.39, 0.29) is 5.84 Å². The molecule has 3 heteroatoms. The van der Waals surface area contributed by atoms with Crippen LogP contribution in [0.15, 0.2) is 23.4 Å². The minimum Gasteiger partial charge on any atom is -0.382 e. The van der Waals surface area contributed by atoms with E-state index in [1.54, 1.807) is 0 Å². The average Bonchev–Trinajstić information content (AvgIpc) is 1.94. The molecule has 0 radical (unpaired) electrons. The second-order valence-electron chi connectivity index (χ2n) is 2.77. The van der Waals surface area contributed by atoms with Crippen LogP contribution >= 0.6 is 0 Å². The Bertz CT molecular complexity index is 238. The van der Waals surface area contributed by atoms with Crippen molar-refractivity contribution in [3.05, 3.63) is 23.4 Å². The highest BCUT2D eigenvalue weighted by Crippen LogP contribution is 2.09. The van der Waals surface area contributed by atoms with Gasteiger partial charge in [0, 0.05) is 6.04 Å². The fourth-order valence-corrected chi connectivity index (χ4v) is 0.922. The summed E-state index contributed by atoms with van der Waals surface area (Å²) >= 11 is 0. The van der Waals surface area contributed by atoms with E-state index in [0.717, 1.165) is 0 Å². The summed E-state index contributed by atoms with van der Waals surface area (Å²) in [6.45, 7) is 4.09. The Labute approximate surface area is 66.5 Å². The zero-order valence-corrected chi connectivity index (χ0v) is 6.81. The Morgan fingerprint density at radius 1 is 1.64 bits per heavy atom. The number of amidine groups is 1. The normalized spacial score (nSPS) is 23.3. The topological polar surface area (TPSA) is 61.9 Å². The van der Waals surface area contributed by atoms with Gasteiger partial charge in [0.2, 0.25) is 0 Å². The van der Waals surface area contributed by atoms with E-state index in [1.165, 1.54) is 5.57 Å². The maximum Gasteiger partial charge on any atom is 0.139 e. The molecule has 0 aromatic carbocycles. The molecular weight excluding hydrogens is 138 g/mol. The first kappa shape index (κ1) is 7.85. The van der Waals surface area contributed by atoms with Gasteiger partial charge in [0.1, 0.15) is 5.84 Å². The molecule has 1 heterocycles. The first-order chi connectivity index (χ1) is 5.11. The molecule has 0 aliphatic carbocycles. The summed E-state index contributed by atoms with van der Waals surface area (Å²) in [5.41, 5.74) is 7.27. The summed E-state index contributed by atoms with van der Waals surface area (Å²) in [5.74, 6) is 0.0978. The highest BCUT2D eigenvalue weighted by molar-refractivity contribution is 5.94. The zero-order chi connectivity index (χ0) is 8.43. The van der Waals surface area contributed by atoms with Gasteiger partial charge in [0.15, 0.2) is 0 Å². The van der Waals surface area contributed by atoms with Crippen molar-refractivity contribution in [3.63, 3.8) is 0 Å². The molecule has 0 aromatic heterocycles. The molecule has 1 aliphatic heterocycles. The molecule has 0 saturated carbocycles. The van der Waals surface area contributed by atoms with Crippen LogP contribution in [0.3, 0.4) is 0 Å². The Morgan fingerprint density at radius 2 is 2.27 bits per heavy atom. The van der Waals surface area contributed by atoms with E-state index in [2.05, 4.69) is 5.32 Å². The van der Waals surface area contributed by atoms with E-state index in [1.807, 2.05) is 26.0 Å². The van der Waals surface area contributed by atoms with Gasteiger partial charge >= 0.3 is 0 Å². The van der Waals surface area contributed by atoms with Crippen molar-refractivity contribution in [2.24, 2.45) is 5.73 Å². The van der Waals surface area contributed by atoms with E-state index >= 15 is 0 Å². The molecule has 3 nitrogen and oxygen atoms in total. The molecule has 0 bridgehead atoms. The predicted molar refractivity (Wildman–Crippen MR) is 46.4 cm³/mol. The van der Waals surface area contributed by atoms with Gasteiger partial charge in [-0.1, -0.05) is 11.6 Å². The highest BCUT2D eigenvalue weighted by atomic mass is 15.0. The molecule has 60 valence electrons. The first-order valence-electron chi connectivity index (χ1n) is 3.60. The van der Waals surface area contributed by atoms with E-state index < -0.39 is 0 Å². The number of nitrogens with two attached hydrogens (primary N) is 1. The third-order valence-electron chi connectivity index (χ3n) is 1.86. The largest absolute Gasteiger partial charge is 0.382 e. The molecule has 1 aliphatic rings. The molecule has 0 amide bonds. The van der Waals surface area contributed by atoms with Crippen LogP contribution in [-0.4, -0.2) is 11.9 Å². The van der Waals surface area contributed by atoms with Crippen LogP contribution in [0, 0.1) is 5.41 Å². The van der Waals surface area contributed by atoms with Gasteiger partial charge in [-0.05, 0) is 19.9 Å². The summed E-state index contributed by atoms with van der Waals surface area (Å²) in [6.07, 6.45) is 3.82. The quantitative estimate of drug-likeness (QED) is 0.382. The summed E-state index contributed by atoms with van der Waals surface area (Å²) in [5, 5.41) is 10.3. The van der Waals surface area contributed by atoms with Gasteiger partial charge in [-0.2, -0.15) is 0 Å². The lowest BCUT2D eigenvalue weighted by atomic mass is 10.1. The lowest BCUT2D eigenvalue weighted by Gasteiger charge is -2.21. The molecule has 0 fully saturated rings. The van der Waals surface area contributed by atoms with Gasteiger partial charge in [-0.25, -0.2) is 0 Å². The number of hydrogen-bond acceptors (Lipinski definition) is 2. The number of nitrogens with one attached hydrogen (secondary N) is 2. The second-order valence-corrected chi connectivity index (χ2v) is 2.77. The van der Waals surface area contributed by atoms with Crippen LogP contribution in [-0.2, 0) is 0 Å². The number of hydrogen-bond donors (Lipinski definition) is 3. The summed E-state index contributed by atoms with van der Waals surface area (Å²) in [6, 6.07) is 0.291. The molecule has 11 heavy (non-hydrogen) atoms. The average molecular weight is 151 g/mol. The van der Waals surface area contributed by atoms with Crippen LogP contribution in [0.1, 0.15) is 13.8 Å². The third-order valence-corrected chi connectivity index (χ3v) is 1.86. The van der Waals surface area contributed by atoms with Crippen LogP contribution in [0.2, 0.25) is 0 Å². The number of dihydropyridines is 1. The first-order valence-corrected chi connectivity index (χ1v) is 3.60. The van der Waals surface area contributed by atoms with E-state index in [0.29, 0.717) is 11.7 Å². The van der Waals surface area contributed by atoms with Gasteiger partial charge in [-0.3, -0.25) is 5.41 Å². The molecule has 0 spiro atoms. The lowest BCUT2D eigenvalue weighted by Crippen LogP contribution is -2.34. The van der Waals surface area contributed by atoms with E-state index in [9.17, 15) is 0 Å². The lowest BCUT2D eigenvalue weighted by molar-refractivity contribution is 0.699. The maximum absolute atomic E-state index is 7.16. The summed E-state index contributed by atoms with van der Waals surface area (Å²) < 4.78 is 0. The Hall–Kier alpha value is -1.25. The highest BCUT2D eigenvalue weighted by Gasteiger charge is 2.10. The van der Waals surface area contributed by atoms with Crippen molar-refractivity contribution >= 4 is 5.84 Å². The van der Waals surface area contributed by atoms with Crippen molar-refractivity contribution in [2.75, 3.05) is 0 Å². The van der Waals surface area contributed by atoms with Crippen molar-refractivity contribution in [1.29, 1.82) is 5.41 Å². The number of allylic oxidation sites excluding steroid dienone is 2. The Balaban J connectivity index is 2.82. The molecular formula is C8H13N3. The Morgan fingerprint density at radius 3 is 2.73 bits per heavy atom. The number of rotatable bonds is 1. The zero-order valence-electron chi connectivity index (χ0n) is 6.81. The molecule has 1 unspecified atom stereocenters. The maximum atomic E-state index is 7.16. The van der Waals surface area contributed by atoms with Crippen LogP contribution in [0.5, 0.6) is 0 Å². The summed E-state index contributed by atoms with van der Waals surface area (Å²) in [4.78, 5) is 0. The third kappa shape index (κ3) is 1.61. The molecule has 0 saturated heterocycles. The van der Waals surface area contributed by atoms with Gasteiger partial charge in [0.25, 0.3) is 0 Å². The fraction of sp³-hybridized carbons (Fsp3) is 0.375. The molecule has 1 rings (SSSR count). The van der Waals surface area contributed by atoms with Crippen LogP contribution < -0.4 is 11.1 Å². The fourth-order valence-electron chi connectivity index (χ4n) is 0.922. The van der Waals surface area contributed by atoms with Crippen LogP contribution in [0.25, 0.3) is 0 Å². The van der Waals surface area contributed by atoms with Gasteiger partial charge in [-0.15, -0.1) is 0 Å². The molecule has 4 N–H and O–H groups in total. The van der Waals surface area contributed by atoms with Crippen molar-refractivity contribution < 1.29 is 0 Å². The SMILES string of the molecule is CC1=CC=C(C(=N)N)NC1C. The van der Waals surface area contributed by atoms with E-state index in [4.69, 9.17) is 11.1 Å². The minimum absolute atomic E-state index is 0.0978. The Kier molecular flexibility index (Phi) is 1.98. The standard InChI is InChI=1S/C8H13N3/c1-5-3-4-7(8(9)10)11-6(5)2/h3-4,6,11H,1-2H3,(H3,9,10). The molecule has 1 atom stereocenters. The monoisotopic (exact) mass is 151 g/mol. The minimum atomic E-state index is 0.0978. The predicted octanol–water partition coefficient (Wildman–Crippen LogP) is 0.744. The smallest absolute Gasteiger partial charge is 0.139 e. The molecule has 0 aromatic rings. The second kappa shape index (κ2) is 2.78. The van der Waals surface area contributed by atoms with Crippen LogP contribution in [0.4, 0.5) is 0 Å².